The molecule has 1 atom stereocenters. The first-order valence-corrected chi connectivity index (χ1v) is 6.90. The highest BCUT2D eigenvalue weighted by Gasteiger charge is 2.16. The molecule has 2 N–H and O–H groups in total. The van der Waals surface area contributed by atoms with Gasteiger partial charge in [0.2, 0.25) is 0 Å². The first-order chi connectivity index (χ1) is 6.97. The third-order valence-electron chi connectivity index (χ3n) is 2.27. The Morgan fingerprint density at radius 2 is 2.00 bits per heavy atom. The van der Waals surface area contributed by atoms with Crippen molar-refractivity contribution in [2.75, 3.05) is 44.4 Å². The lowest BCUT2D eigenvalue weighted by Crippen LogP contribution is -2.41. The molecular formula is C10H22N2O2S. The number of morpholine rings is 1. The highest BCUT2D eigenvalue weighted by Crippen LogP contribution is 2.02. The Hall–Kier alpha value is 0.0300. The van der Waals surface area contributed by atoms with Gasteiger partial charge < -0.3 is 10.5 Å². The molecule has 0 amide bonds. The molecule has 1 saturated heterocycles. The summed E-state index contributed by atoms with van der Waals surface area (Å²) in [6.45, 7) is 8.25. The fraction of sp³-hybridized carbons (Fsp3) is 1.00. The van der Waals surface area contributed by atoms with E-state index in [2.05, 4.69) is 4.90 Å². The summed E-state index contributed by atoms with van der Waals surface area (Å²) in [5.41, 5.74) is 5.49. The Bertz CT molecular complexity index is 210. The van der Waals surface area contributed by atoms with E-state index in [9.17, 15) is 4.21 Å². The topological polar surface area (TPSA) is 55.6 Å². The number of hydrogen-bond donors (Lipinski definition) is 1. The van der Waals surface area contributed by atoms with Crippen molar-refractivity contribution in [3.63, 3.8) is 0 Å². The molecule has 4 nitrogen and oxygen atoms in total. The maximum Gasteiger partial charge on any atom is 0.0594 e. The molecule has 0 saturated carbocycles. The molecule has 0 aliphatic carbocycles. The van der Waals surface area contributed by atoms with Gasteiger partial charge in [0, 0.05) is 47.5 Å². The van der Waals surface area contributed by atoms with E-state index in [0.29, 0.717) is 5.75 Å². The van der Waals surface area contributed by atoms with Crippen LogP contribution in [0.25, 0.3) is 0 Å². The number of ether oxygens (including phenoxy) is 1. The highest BCUT2D eigenvalue weighted by atomic mass is 32.2. The van der Waals surface area contributed by atoms with Crippen molar-refractivity contribution >= 4 is 10.8 Å². The van der Waals surface area contributed by atoms with Crippen LogP contribution in [0.4, 0.5) is 0 Å². The van der Waals surface area contributed by atoms with Gasteiger partial charge in [-0.2, -0.15) is 0 Å². The van der Waals surface area contributed by atoms with Gasteiger partial charge in [0.05, 0.1) is 13.2 Å². The van der Waals surface area contributed by atoms with Crippen LogP contribution in [-0.2, 0) is 15.5 Å². The Morgan fingerprint density at radius 3 is 2.53 bits per heavy atom. The van der Waals surface area contributed by atoms with Crippen molar-refractivity contribution in [3.05, 3.63) is 0 Å². The summed E-state index contributed by atoms with van der Waals surface area (Å²) in [4.78, 5) is 2.30. The number of hydrogen-bond acceptors (Lipinski definition) is 4. The van der Waals surface area contributed by atoms with Crippen LogP contribution in [-0.4, -0.2) is 59.0 Å². The molecule has 0 bridgehead atoms. The molecule has 5 heteroatoms. The summed E-state index contributed by atoms with van der Waals surface area (Å²) in [5, 5.41) is 0. The van der Waals surface area contributed by atoms with E-state index in [-0.39, 0.29) is 5.54 Å². The van der Waals surface area contributed by atoms with E-state index >= 15 is 0 Å². The minimum atomic E-state index is -0.799. The standard InChI is InChI=1S/C10H22N2O2S/c1-10(2,11)9-15(13)8-5-12-3-6-14-7-4-12/h3-9,11H2,1-2H3. The van der Waals surface area contributed by atoms with Gasteiger partial charge in [0.15, 0.2) is 0 Å². The highest BCUT2D eigenvalue weighted by molar-refractivity contribution is 7.85. The summed E-state index contributed by atoms with van der Waals surface area (Å²) < 4.78 is 16.9. The molecule has 1 aliphatic rings. The fourth-order valence-electron chi connectivity index (χ4n) is 1.54. The smallest absolute Gasteiger partial charge is 0.0594 e. The Labute approximate surface area is 94.6 Å². The van der Waals surface area contributed by atoms with Gasteiger partial charge in [-0.3, -0.25) is 9.11 Å². The third-order valence-corrected chi connectivity index (χ3v) is 3.98. The summed E-state index contributed by atoms with van der Waals surface area (Å²) in [5.74, 6) is 1.30. The van der Waals surface area contributed by atoms with Gasteiger partial charge in [-0.15, -0.1) is 0 Å². The lowest BCUT2D eigenvalue weighted by Gasteiger charge is -2.26. The molecule has 1 rings (SSSR count). The molecule has 0 aromatic heterocycles. The molecule has 1 aliphatic heterocycles. The van der Waals surface area contributed by atoms with Gasteiger partial charge in [0.1, 0.15) is 0 Å². The monoisotopic (exact) mass is 234 g/mol. The first kappa shape index (κ1) is 13.1. The molecule has 90 valence electrons. The molecule has 1 unspecified atom stereocenters. The van der Waals surface area contributed by atoms with Crippen LogP contribution in [0, 0.1) is 0 Å². The molecule has 1 fully saturated rings. The minimum Gasteiger partial charge on any atom is -0.379 e. The maximum atomic E-state index is 11.7. The number of rotatable bonds is 5. The van der Waals surface area contributed by atoms with Gasteiger partial charge >= 0.3 is 0 Å². The maximum absolute atomic E-state index is 11.7. The van der Waals surface area contributed by atoms with Gasteiger partial charge in [-0.25, -0.2) is 0 Å². The molecule has 0 radical (unpaired) electrons. The second-order valence-corrected chi connectivity index (χ2v) is 6.31. The van der Waals surface area contributed by atoms with Gasteiger partial charge in [-0.05, 0) is 13.8 Å². The second-order valence-electron chi connectivity index (χ2n) is 4.73. The molecule has 15 heavy (non-hydrogen) atoms. The molecular weight excluding hydrogens is 212 g/mol. The number of nitrogens with zero attached hydrogens (tertiary/aromatic N) is 1. The minimum absolute atomic E-state index is 0.324. The van der Waals surface area contributed by atoms with Crippen molar-refractivity contribution in [2.24, 2.45) is 5.73 Å². The van der Waals surface area contributed by atoms with E-state index in [0.717, 1.165) is 38.6 Å². The predicted molar refractivity (Wildman–Crippen MR) is 63.4 cm³/mol. The summed E-state index contributed by atoms with van der Waals surface area (Å²) in [6.07, 6.45) is 0. The van der Waals surface area contributed by atoms with Crippen LogP contribution in [0.1, 0.15) is 13.8 Å². The quantitative estimate of drug-likeness (QED) is 0.716. The zero-order valence-electron chi connectivity index (χ0n) is 9.70. The predicted octanol–water partition coefficient (Wildman–Crippen LogP) is -0.195. The van der Waals surface area contributed by atoms with E-state index < -0.39 is 10.8 Å². The van der Waals surface area contributed by atoms with Crippen LogP contribution in [0.3, 0.4) is 0 Å². The Kier molecular flexibility index (Phi) is 5.18. The summed E-state index contributed by atoms with van der Waals surface area (Å²) in [7, 11) is -0.799. The lowest BCUT2D eigenvalue weighted by atomic mass is 10.1. The van der Waals surface area contributed by atoms with Crippen molar-refractivity contribution in [3.8, 4) is 0 Å². The van der Waals surface area contributed by atoms with Crippen LogP contribution in [0.5, 0.6) is 0 Å². The SMILES string of the molecule is CC(C)(N)CS(=O)CCN1CCOCC1. The zero-order chi connectivity index (χ0) is 11.3. The van der Waals surface area contributed by atoms with E-state index in [1.54, 1.807) is 0 Å². The molecule has 0 aromatic rings. The van der Waals surface area contributed by atoms with Crippen molar-refractivity contribution in [1.29, 1.82) is 0 Å². The summed E-state index contributed by atoms with van der Waals surface area (Å²) >= 11 is 0. The molecule has 0 spiro atoms. The van der Waals surface area contributed by atoms with E-state index in [4.69, 9.17) is 10.5 Å². The largest absolute Gasteiger partial charge is 0.379 e. The molecule has 1 heterocycles. The van der Waals surface area contributed by atoms with Crippen molar-refractivity contribution in [2.45, 2.75) is 19.4 Å². The number of nitrogens with two attached hydrogens (primary N) is 1. The van der Waals surface area contributed by atoms with Gasteiger partial charge in [0.25, 0.3) is 0 Å². The zero-order valence-corrected chi connectivity index (χ0v) is 10.5. The van der Waals surface area contributed by atoms with E-state index in [1.807, 2.05) is 13.8 Å². The average Bonchev–Trinajstić information content (AvgIpc) is 2.14. The van der Waals surface area contributed by atoms with Crippen molar-refractivity contribution < 1.29 is 8.95 Å². The average molecular weight is 234 g/mol. The van der Waals surface area contributed by atoms with Crippen LogP contribution < -0.4 is 5.73 Å². The first-order valence-electron chi connectivity index (χ1n) is 5.41. The van der Waals surface area contributed by atoms with Crippen LogP contribution >= 0.6 is 0 Å². The second kappa shape index (κ2) is 5.94. The normalized spacial score (nSPS) is 21.5. The van der Waals surface area contributed by atoms with E-state index in [1.165, 1.54) is 0 Å². The Morgan fingerprint density at radius 1 is 1.40 bits per heavy atom. The Balaban J connectivity index is 2.15. The van der Waals surface area contributed by atoms with Gasteiger partial charge in [-0.1, -0.05) is 0 Å². The lowest BCUT2D eigenvalue weighted by molar-refractivity contribution is 0.0409. The fourth-order valence-corrected chi connectivity index (χ4v) is 2.98. The van der Waals surface area contributed by atoms with Crippen LogP contribution in [0.2, 0.25) is 0 Å². The summed E-state index contributed by atoms with van der Waals surface area (Å²) in [6, 6.07) is 0. The molecule has 0 aromatic carbocycles. The van der Waals surface area contributed by atoms with Crippen LogP contribution in [0.15, 0.2) is 0 Å². The van der Waals surface area contributed by atoms with Crippen molar-refractivity contribution in [1.82, 2.24) is 4.90 Å². The third kappa shape index (κ3) is 6.25.